The molecule has 4 rings (SSSR count). The highest BCUT2D eigenvalue weighted by molar-refractivity contribution is 6.39. The third-order valence-electron chi connectivity index (χ3n) is 5.29. The number of rotatable bonds is 4. The monoisotopic (exact) mass is 417 g/mol. The van der Waals surface area contributed by atoms with Crippen molar-refractivity contribution in [1.29, 1.82) is 0 Å². The van der Waals surface area contributed by atoms with E-state index in [1.807, 2.05) is 0 Å². The number of fused-ring (bicyclic) bond motifs is 1. The highest BCUT2D eigenvalue weighted by atomic mass is 16.4. The molecule has 0 radical (unpaired) electrons. The fraction of sp³-hybridized carbons (Fsp3) is 0.130. The number of hydrogen-bond acceptors (Lipinski definition) is 4. The minimum Gasteiger partial charge on any atom is -0.480 e. The van der Waals surface area contributed by atoms with Gasteiger partial charge in [-0.05, 0) is 55.3 Å². The summed E-state index contributed by atoms with van der Waals surface area (Å²) < 4.78 is 1.63. The largest absolute Gasteiger partial charge is 0.480 e. The van der Waals surface area contributed by atoms with Gasteiger partial charge >= 0.3 is 12.0 Å². The molecule has 0 spiro atoms. The Bertz CT molecular complexity index is 1290. The van der Waals surface area contributed by atoms with Crippen LogP contribution >= 0.6 is 0 Å². The van der Waals surface area contributed by atoms with Crippen molar-refractivity contribution in [2.24, 2.45) is 0 Å². The summed E-state index contributed by atoms with van der Waals surface area (Å²) in [6.07, 6.45) is 3.10. The summed E-state index contributed by atoms with van der Waals surface area (Å²) >= 11 is 0. The first-order chi connectivity index (χ1) is 14.8. The number of aryl methyl sites for hydroxylation is 1. The second-order valence-electron chi connectivity index (χ2n) is 7.30. The smallest absolute Gasteiger partial charge is 0.335 e. The van der Waals surface area contributed by atoms with Gasteiger partial charge in [-0.2, -0.15) is 0 Å². The molecule has 0 unspecified atom stereocenters. The van der Waals surface area contributed by atoms with Crippen LogP contribution in [0.4, 0.5) is 10.5 Å². The van der Waals surface area contributed by atoms with Crippen LogP contribution in [0.15, 0.2) is 60.3 Å². The zero-order chi connectivity index (χ0) is 22.3. The molecule has 1 aromatic heterocycles. The predicted molar refractivity (Wildman–Crippen MR) is 114 cm³/mol. The van der Waals surface area contributed by atoms with E-state index in [-0.39, 0.29) is 5.57 Å². The number of aromatic nitrogens is 1. The molecule has 1 saturated heterocycles. The Hall–Kier alpha value is -4.20. The van der Waals surface area contributed by atoms with Crippen molar-refractivity contribution in [3.63, 3.8) is 0 Å². The number of anilines is 1. The number of hydrogen-bond donors (Lipinski definition) is 2. The van der Waals surface area contributed by atoms with E-state index in [9.17, 15) is 24.3 Å². The van der Waals surface area contributed by atoms with Crippen LogP contribution in [0, 0.1) is 6.92 Å². The van der Waals surface area contributed by atoms with Gasteiger partial charge in [0.05, 0.1) is 5.69 Å². The molecule has 8 heteroatoms. The van der Waals surface area contributed by atoms with E-state index in [0.29, 0.717) is 16.8 Å². The summed E-state index contributed by atoms with van der Waals surface area (Å²) in [4.78, 5) is 50.0. The van der Waals surface area contributed by atoms with Gasteiger partial charge in [-0.3, -0.25) is 14.9 Å². The van der Waals surface area contributed by atoms with Crippen molar-refractivity contribution in [3.05, 3.63) is 71.4 Å². The Kier molecular flexibility index (Phi) is 4.90. The maximum atomic E-state index is 13.0. The molecule has 0 saturated carbocycles. The lowest BCUT2D eigenvalue weighted by molar-refractivity contribution is -0.140. The Balaban J connectivity index is 1.73. The Morgan fingerprint density at radius 2 is 1.84 bits per heavy atom. The summed E-state index contributed by atoms with van der Waals surface area (Å²) in [6.45, 7) is 3.35. The van der Waals surface area contributed by atoms with Gasteiger partial charge in [0.15, 0.2) is 0 Å². The van der Waals surface area contributed by atoms with Crippen molar-refractivity contribution >= 4 is 46.5 Å². The number of amides is 4. The molecule has 1 atom stereocenters. The van der Waals surface area contributed by atoms with Gasteiger partial charge in [0, 0.05) is 17.1 Å². The molecule has 1 aliphatic heterocycles. The van der Waals surface area contributed by atoms with Crippen molar-refractivity contribution in [2.45, 2.75) is 19.9 Å². The first kappa shape index (κ1) is 20.1. The minimum atomic E-state index is -0.950. The molecule has 3 aromatic rings. The highest BCUT2D eigenvalue weighted by Crippen LogP contribution is 2.26. The van der Waals surface area contributed by atoms with E-state index in [1.165, 1.54) is 6.08 Å². The molecule has 2 heterocycles. The number of carboxylic acid groups (broad SMARTS) is 1. The molecular weight excluding hydrogens is 398 g/mol. The summed E-state index contributed by atoms with van der Waals surface area (Å²) in [6, 6.07) is 12.3. The molecule has 2 aromatic carbocycles. The van der Waals surface area contributed by atoms with Gasteiger partial charge in [0.25, 0.3) is 11.8 Å². The Morgan fingerprint density at radius 3 is 2.55 bits per heavy atom. The van der Waals surface area contributed by atoms with Crippen molar-refractivity contribution in [2.75, 3.05) is 4.90 Å². The van der Waals surface area contributed by atoms with Crippen LogP contribution in [-0.4, -0.2) is 33.5 Å². The van der Waals surface area contributed by atoms with Gasteiger partial charge in [0.1, 0.15) is 11.6 Å². The second-order valence-corrected chi connectivity index (χ2v) is 7.30. The Labute approximate surface area is 177 Å². The number of benzene rings is 2. The summed E-state index contributed by atoms with van der Waals surface area (Å²) in [5.41, 5.74) is 2.24. The average Bonchev–Trinajstić information content (AvgIpc) is 3.15. The lowest BCUT2D eigenvalue weighted by Crippen LogP contribution is -2.54. The van der Waals surface area contributed by atoms with E-state index in [2.05, 4.69) is 5.32 Å². The molecular formula is C23H19N3O5. The Morgan fingerprint density at radius 1 is 1.10 bits per heavy atom. The van der Waals surface area contributed by atoms with Crippen LogP contribution in [0.3, 0.4) is 0 Å². The summed E-state index contributed by atoms with van der Waals surface area (Å²) in [5, 5.41) is 12.2. The molecule has 4 amide bonds. The average molecular weight is 417 g/mol. The number of nitrogens with zero attached hydrogens (tertiary/aromatic N) is 2. The van der Waals surface area contributed by atoms with Gasteiger partial charge in [0.2, 0.25) is 0 Å². The number of imide groups is 2. The van der Waals surface area contributed by atoms with E-state index in [1.54, 1.807) is 73.1 Å². The number of urea groups is 1. The third-order valence-corrected chi connectivity index (χ3v) is 5.29. The van der Waals surface area contributed by atoms with E-state index >= 15 is 0 Å². The van der Waals surface area contributed by atoms with Crippen LogP contribution in [0.25, 0.3) is 17.0 Å². The van der Waals surface area contributed by atoms with Crippen LogP contribution in [-0.2, 0) is 14.4 Å². The van der Waals surface area contributed by atoms with E-state index in [0.717, 1.165) is 15.8 Å². The lowest BCUT2D eigenvalue weighted by Gasteiger charge is -2.27. The molecule has 156 valence electrons. The number of carbonyl (C=O) groups is 4. The van der Waals surface area contributed by atoms with Gasteiger partial charge in [-0.25, -0.2) is 14.5 Å². The fourth-order valence-electron chi connectivity index (χ4n) is 3.59. The van der Waals surface area contributed by atoms with Crippen LogP contribution in [0.2, 0.25) is 0 Å². The molecule has 8 nitrogen and oxygen atoms in total. The van der Waals surface area contributed by atoms with Gasteiger partial charge in [-0.1, -0.05) is 24.3 Å². The third kappa shape index (κ3) is 3.48. The predicted octanol–water partition coefficient (Wildman–Crippen LogP) is 3.26. The molecule has 31 heavy (non-hydrogen) atoms. The molecule has 1 aliphatic rings. The lowest BCUT2D eigenvalue weighted by atomic mass is 10.0. The number of carboxylic acids is 1. The number of barbiturate groups is 1. The zero-order valence-corrected chi connectivity index (χ0v) is 16.8. The normalized spacial score (nSPS) is 16.6. The molecule has 0 aliphatic carbocycles. The topological polar surface area (TPSA) is 109 Å². The summed E-state index contributed by atoms with van der Waals surface area (Å²) in [7, 11) is 0. The van der Waals surface area contributed by atoms with Crippen molar-refractivity contribution < 1.29 is 24.3 Å². The van der Waals surface area contributed by atoms with E-state index < -0.39 is 29.9 Å². The summed E-state index contributed by atoms with van der Waals surface area (Å²) in [5.74, 6) is -2.42. The van der Waals surface area contributed by atoms with Crippen LogP contribution in [0.5, 0.6) is 0 Å². The van der Waals surface area contributed by atoms with Crippen LogP contribution < -0.4 is 10.2 Å². The maximum absolute atomic E-state index is 13.0. The molecule has 1 fully saturated rings. The van der Waals surface area contributed by atoms with Gasteiger partial charge in [-0.15, -0.1) is 0 Å². The SMILES string of the molecule is Cc1ccccc1N1C(=O)NC(=O)/C(=C\c2ccc3c(ccn3[C@@H](C)C(=O)O)c2)C1=O. The first-order valence-electron chi connectivity index (χ1n) is 9.58. The number of aliphatic carboxylic acids is 1. The fourth-order valence-corrected chi connectivity index (χ4v) is 3.59. The van der Waals surface area contributed by atoms with Crippen molar-refractivity contribution in [1.82, 2.24) is 9.88 Å². The highest BCUT2D eigenvalue weighted by Gasteiger charge is 2.37. The zero-order valence-electron chi connectivity index (χ0n) is 16.8. The van der Waals surface area contributed by atoms with Crippen molar-refractivity contribution in [3.8, 4) is 0 Å². The quantitative estimate of drug-likeness (QED) is 0.500. The van der Waals surface area contributed by atoms with E-state index in [4.69, 9.17) is 0 Å². The molecule has 0 bridgehead atoms. The second kappa shape index (κ2) is 7.56. The van der Waals surface area contributed by atoms with Gasteiger partial charge < -0.3 is 9.67 Å². The van der Waals surface area contributed by atoms with Crippen LogP contribution in [0.1, 0.15) is 24.1 Å². The number of carbonyl (C=O) groups excluding carboxylic acids is 3. The minimum absolute atomic E-state index is 0.166. The molecule has 2 N–H and O–H groups in total. The first-order valence-corrected chi connectivity index (χ1v) is 9.58. The standard InChI is InChI=1S/C23H19N3O5/c1-13-5-3-4-6-18(13)26-21(28)17(20(27)24-23(26)31)12-15-7-8-19-16(11-15)9-10-25(19)14(2)22(29)30/h3-12,14H,1-2H3,(H,29,30)(H,24,27,31)/b17-12+/t14-/m0/s1. The number of para-hydroxylation sites is 1. The maximum Gasteiger partial charge on any atom is 0.335 e. The number of nitrogens with one attached hydrogen (secondary N) is 1.